The summed E-state index contributed by atoms with van der Waals surface area (Å²) in [5, 5.41) is 6.35. The molecule has 0 saturated carbocycles. The van der Waals surface area contributed by atoms with Gasteiger partial charge in [0.2, 0.25) is 0 Å². The molecule has 0 aliphatic carbocycles. The van der Waals surface area contributed by atoms with Gasteiger partial charge >= 0.3 is 0 Å². The van der Waals surface area contributed by atoms with Crippen molar-refractivity contribution in [3.8, 4) is 0 Å². The van der Waals surface area contributed by atoms with Gasteiger partial charge in [0.25, 0.3) is 10.0 Å². The van der Waals surface area contributed by atoms with E-state index in [0.29, 0.717) is 17.6 Å². The summed E-state index contributed by atoms with van der Waals surface area (Å²) >= 11 is 7.19. The SMILES string of the molecule is CCC1C=NN(/C(=N/S(=O)(=O)c2ccccc2Cl)SC)C1. The number of hydrogen-bond donors (Lipinski definition) is 0. The van der Waals surface area contributed by atoms with Crippen molar-refractivity contribution in [3.05, 3.63) is 29.3 Å². The van der Waals surface area contributed by atoms with Crippen LogP contribution in [0.15, 0.2) is 38.7 Å². The molecule has 1 heterocycles. The number of nitrogens with zero attached hydrogens (tertiary/aromatic N) is 3. The Morgan fingerprint density at radius 1 is 1.52 bits per heavy atom. The van der Waals surface area contributed by atoms with E-state index in [2.05, 4.69) is 16.4 Å². The Kier molecular flexibility index (Phi) is 5.29. The molecule has 0 radical (unpaired) electrons. The topological polar surface area (TPSA) is 62.1 Å². The fourth-order valence-corrected chi connectivity index (χ4v) is 4.17. The van der Waals surface area contributed by atoms with Crippen LogP contribution in [0.3, 0.4) is 0 Å². The zero-order chi connectivity index (χ0) is 15.5. The van der Waals surface area contributed by atoms with Crippen LogP contribution in [0.4, 0.5) is 0 Å². The Bertz CT molecular complexity index is 674. The van der Waals surface area contributed by atoms with Crippen LogP contribution in [0, 0.1) is 5.92 Å². The molecule has 8 heteroatoms. The molecule has 0 amide bonds. The fourth-order valence-electron chi connectivity index (χ4n) is 1.85. The number of amidine groups is 1. The smallest absolute Gasteiger partial charge is 0.241 e. The first kappa shape index (κ1) is 16.3. The molecule has 114 valence electrons. The van der Waals surface area contributed by atoms with Crippen LogP contribution >= 0.6 is 23.4 Å². The molecule has 0 saturated heterocycles. The second-order valence-electron chi connectivity index (χ2n) is 4.50. The van der Waals surface area contributed by atoms with Gasteiger partial charge < -0.3 is 0 Å². The largest absolute Gasteiger partial charge is 0.286 e. The van der Waals surface area contributed by atoms with E-state index < -0.39 is 10.0 Å². The Morgan fingerprint density at radius 3 is 2.81 bits per heavy atom. The van der Waals surface area contributed by atoms with E-state index in [-0.39, 0.29) is 9.92 Å². The molecule has 1 aliphatic heterocycles. The van der Waals surface area contributed by atoms with Crippen molar-refractivity contribution in [2.75, 3.05) is 12.8 Å². The first-order chi connectivity index (χ1) is 9.97. The molecule has 0 spiro atoms. The number of benzene rings is 1. The number of sulfonamides is 1. The maximum absolute atomic E-state index is 12.4. The second-order valence-corrected chi connectivity index (χ2v) is 7.25. The summed E-state index contributed by atoms with van der Waals surface area (Å²) in [6.45, 7) is 2.71. The van der Waals surface area contributed by atoms with Gasteiger partial charge in [0.15, 0.2) is 5.17 Å². The van der Waals surface area contributed by atoms with Crippen molar-refractivity contribution < 1.29 is 8.42 Å². The average molecular weight is 346 g/mol. The molecule has 21 heavy (non-hydrogen) atoms. The summed E-state index contributed by atoms with van der Waals surface area (Å²) in [5.74, 6) is 0.324. The summed E-state index contributed by atoms with van der Waals surface area (Å²) in [6.07, 6.45) is 4.56. The van der Waals surface area contributed by atoms with Gasteiger partial charge in [-0.1, -0.05) is 42.4 Å². The van der Waals surface area contributed by atoms with Gasteiger partial charge in [0, 0.05) is 12.1 Å². The predicted molar refractivity (Wildman–Crippen MR) is 88.6 cm³/mol. The number of thioether (sulfide) groups is 1. The standard InChI is InChI=1S/C13H16ClN3O2S2/c1-3-10-8-15-17(9-10)13(20-2)16-21(18,19)12-7-5-4-6-11(12)14/h4-8,10H,3,9H2,1-2H3/b16-13-. The predicted octanol–water partition coefficient (Wildman–Crippen LogP) is 3.08. The first-order valence-corrected chi connectivity index (χ1v) is 9.47. The molecule has 0 fully saturated rings. The summed E-state index contributed by atoms with van der Waals surface area (Å²) in [7, 11) is -3.84. The van der Waals surface area contributed by atoms with Gasteiger partial charge in [0.05, 0.1) is 11.6 Å². The average Bonchev–Trinajstić information content (AvgIpc) is 2.94. The Balaban J connectivity index is 2.32. The molecule has 1 atom stereocenters. The van der Waals surface area contributed by atoms with Gasteiger partial charge in [-0.2, -0.15) is 13.5 Å². The van der Waals surface area contributed by atoms with E-state index in [0.717, 1.165) is 6.42 Å². The Morgan fingerprint density at radius 2 is 2.24 bits per heavy atom. The second kappa shape index (κ2) is 6.81. The van der Waals surface area contributed by atoms with E-state index in [4.69, 9.17) is 11.6 Å². The van der Waals surface area contributed by atoms with Crippen LogP contribution in [0.2, 0.25) is 5.02 Å². The number of halogens is 1. The highest BCUT2D eigenvalue weighted by Crippen LogP contribution is 2.24. The highest BCUT2D eigenvalue weighted by atomic mass is 35.5. The summed E-state index contributed by atoms with van der Waals surface area (Å²) in [4.78, 5) is 0.00781. The van der Waals surface area contributed by atoms with Crippen molar-refractivity contribution >= 4 is 44.8 Å². The van der Waals surface area contributed by atoms with Gasteiger partial charge in [-0.15, -0.1) is 4.40 Å². The first-order valence-electron chi connectivity index (χ1n) is 6.43. The summed E-state index contributed by atoms with van der Waals surface area (Å²) in [6, 6.07) is 6.27. The lowest BCUT2D eigenvalue weighted by molar-refractivity contribution is 0.448. The molecule has 5 nitrogen and oxygen atoms in total. The number of rotatable bonds is 3. The quantitative estimate of drug-likeness (QED) is 0.624. The molecular weight excluding hydrogens is 330 g/mol. The van der Waals surface area contributed by atoms with Gasteiger partial charge in [-0.25, -0.2) is 5.01 Å². The number of hydrazone groups is 1. The molecule has 0 N–H and O–H groups in total. The molecule has 1 aliphatic rings. The maximum atomic E-state index is 12.4. The van der Waals surface area contributed by atoms with Gasteiger partial charge in [-0.3, -0.25) is 0 Å². The van der Waals surface area contributed by atoms with Crippen LogP contribution < -0.4 is 0 Å². The molecule has 0 bridgehead atoms. The van der Waals surface area contributed by atoms with Gasteiger partial charge in [0.1, 0.15) is 4.90 Å². The van der Waals surface area contributed by atoms with Crippen molar-refractivity contribution in [1.82, 2.24) is 5.01 Å². The highest BCUT2D eigenvalue weighted by molar-refractivity contribution is 8.13. The molecular formula is C13H16ClN3O2S2. The minimum Gasteiger partial charge on any atom is -0.241 e. The lowest BCUT2D eigenvalue weighted by Crippen LogP contribution is -2.24. The maximum Gasteiger partial charge on any atom is 0.286 e. The monoisotopic (exact) mass is 345 g/mol. The number of hydrogen-bond acceptors (Lipinski definition) is 4. The fraction of sp³-hybridized carbons (Fsp3) is 0.385. The summed E-state index contributed by atoms with van der Waals surface area (Å²) < 4.78 is 28.6. The van der Waals surface area contributed by atoms with E-state index in [9.17, 15) is 8.42 Å². The minimum absolute atomic E-state index is 0.00781. The van der Waals surface area contributed by atoms with Crippen LogP contribution in [0.5, 0.6) is 0 Å². The minimum atomic E-state index is -3.84. The highest BCUT2D eigenvalue weighted by Gasteiger charge is 2.24. The van der Waals surface area contributed by atoms with Crippen molar-refractivity contribution in [1.29, 1.82) is 0 Å². The van der Waals surface area contributed by atoms with E-state index >= 15 is 0 Å². The molecule has 0 aromatic heterocycles. The lowest BCUT2D eigenvalue weighted by atomic mass is 10.1. The zero-order valence-electron chi connectivity index (χ0n) is 11.7. The van der Waals surface area contributed by atoms with Crippen molar-refractivity contribution in [2.24, 2.45) is 15.4 Å². The van der Waals surface area contributed by atoms with E-state index in [1.54, 1.807) is 23.4 Å². The molecule has 1 aromatic carbocycles. The zero-order valence-corrected chi connectivity index (χ0v) is 14.1. The van der Waals surface area contributed by atoms with Crippen LogP contribution in [-0.4, -0.2) is 37.6 Å². The molecule has 2 rings (SSSR count). The third kappa shape index (κ3) is 3.78. The van der Waals surface area contributed by atoms with E-state index in [1.807, 2.05) is 6.21 Å². The van der Waals surface area contributed by atoms with Gasteiger partial charge in [-0.05, 0) is 24.8 Å². The molecule has 1 aromatic rings. The van der Waals surface area contributed by atoms with Crippen molar-refractivity contribution in [2.45, 2.75) is 18.2 Å². The van der Waals surface area contributed by atoms with Crippen LogP contribution in [-0.2, 0) is 10.0 Å². The Labute approximate surface area is 134 Å². The molecule has 1 unspecified atom stereocenters. The third-order valence-corrected chi connectivity index (χ3v) is 5.61. The normalized spacial score (nSPS) is 19.3. The third-order valence-electron chi connectivity index (χ3n) is 3.06. The Hall–Kier alpha value is -1.05. The van der Waals surface area contributed by atoms with Crippen LogP contribution in [0.25, 0.3) is 0 Å². The van der Waals surface area contributed by atoms with Crippen molar-refractivity contribution in [3.63, 3.8) is 0 Å². The van der Waals surface area contributed by atoms with E-state index in [1.165, 1.54) is 23.9 Å². The lowest BCUT2D eigenvalue weighted by Gasteiger charge is -2.15. The van der Waals surface area contributed by atoms with Crippen LogP contribution in [0.1, 0.15) is 13.3 Å². The summed E-state index contributed by atoms with van der Waals surface area (Å²) in [5.41, 5.74) is 0.